The quantitative estimate of drug-likeness (QED) is 0.618. The Morgan fingerprint density at radius 1 is 1.22 bits per heavy atom. The fraction of sp³-hybridized carbons (Fsp3) is 0.300. The summed E-state index contributed by atoms with van der Waals surface area (Å²) in [6.07, 6.45) is 6.66. The molecule has 0 aliphatic rings. The summed E-state index contributed by atoms with van der Waals surface area (Å²) in [6.45, 7) is 2.13. The Labute approximate surface area is 162 Å². The van der Waals surface area contributed by atoms with Crippen molar-refractivity contribution in [3.63, 3.8) is 0 Å². The number of thiazole rings is 1. The third-order valence-corrected chi connectivity index (χ3v) is 5.25. The summed E-state index contributed by atoms with van der Waals surface area (Å²) < 4.78 is 12.5. The second kappa shape index (κ2) is 8.73. The van der Waals surface area contributed by atoms with Crippen molar-refractivity contribution in [2.75, 3.05) is 19.5 Å². The van der Waals surface area contributed by atoms with Crippen molar-refractivity contribution < 1.29 is 14.3 Å². The minimum Gasteiger partial charge on any atom is -0.497 e. The summed E-state index contributed by atoms with van der Waals surface area (Å²) in [5.41, 5.74) is 1.43. The lowest BCUT2D eigenvalue weighted by atomic mass is 10.2. The number of nitrogens with zero attached hydrogens (tertiary/aromatic N) is 2. The molecule has 7 heteroatoms. The Bertz CT molecular complexity index is 903. The van der Waals surface area contributed by atoms with Crippen molar-refractivity contribution in [3.8, 4) is 16.6 Å². The van der Waals surface area contributed by atoms with Crippen molar-refractivity contribution in [2.45, 2.75) is 26.2 Å². The minimum atomic E-state index is -0.180. The largest absolute Gasteiger partial charge is 0.497 e. The molecular weight excluding hydrogens is 362 g/mol. The molecule has 0 spiro atoms. The first-order valence-electron chi connectivity index (χ1n) is 8.82. The van der Waals surface area contributed by atoms with Crippen LogP contribution < -0.4 is 14.8 Å². The molecule has 0 radical (unpaired) electrons. The normalized spacial score (nSPS) is 10.6. The van der Waals surface area contributed by atoms with Crippen molar-refractivity contribution >= 4 is 22.9 Å². The Morgan fingerprint density at radius 3 is 2.67 bits per heavy atom. The van der Waals surface area contributed by atoms with Crippen LogP contribution in [0, 0.1) is 0 Å². The SMILES string of the molecule is CCCCc1nc(-n2cccc2)sc1C(=O)Nc1ccc(OC)cc1OC. The molecule has 1 aromatic carbocycles. The van der Waals surface area contributed by atoms with Gasteiger partial charge in [-0.2, -0.15) is 0 Å². The van der Waals surface area contributed by atoms with Gasteiger partial charge in [0.1, 0.15) is 16.4 Å². The van der Waals surface area contributed by atoms with Crippen LogP contribution in [-0.2, 0) is 6.42 Å². The van der Waals surface area contributed by atoms with Crippen LogP contribution in [0.5, 0.6) is 11.5 Å². The van der Waals surface area contributed by atoms with Crippen molar-refractivity contribution in [3.05, 3.63) is 53.3 Å². The van der Waals surface area contributed by atoms with Crippen LogP contribution in [-0.4, -0.2) is 29.7 Å². The standard InChI is InChI=1S/C20H23N3O3S/c1-4-5-8-16-18(27-20(22-16)23-11-6-7-12-23)19(24)21-15-10-9-14(25-2)13-17(15)26-3/h6-7,9-13H,4-5,8H2,1-3H3,(H,21,24). The first-order chi connectivity index (χ1) is 13.2. The summed E-state index contributed by atoms with van der Waals surface area (Å²) in [4.78, 5) is 18.3. The third-order valence-electron chi connectivity index (χ3n) is 4.14. The summed E-state index contributed by atoms with van der Waals surface area (Å²) >= 11 is 1.39. The minimum absolute atomic E-state index is 0.180. The number of aromatic nitrogens is 2. The number of hydrogen-bond acceptors (Lipinski definition) is 5. The van der Waals surface area contributed by atoms with E-state index in [4.69, 9.17) is 14.5 Å². The van der Waals surface area contributed by atoms with Gasteiger partial charge in [0.2, 0.25) is 0 Å². The second-order valence-electron chi connectivity index (χ2n) is 5.99. The van der Waals surface area contributed by atoms with Gasteiger partial charge in [-0.05, 0) is 37.1 Å². The highest BCUT2D eigenvalue weighted by Crippen LogP contribution is 2.31. The van der Waals surface area contributed by atoms with E-state index in [9.17, 15) is 4.79 Å². The van der Waals surface area contributed by atoms with E-state index in [0.29, 0.717) is 22.1 Å². The third kappa shape index (κ3) is 4.31. The number of ether oxygens (including phenoxy) is 2. The number of anilines is 1. The van der Waals surface area contributed by atoms with Gasteiger partial charge in [0.05, 0.1) is 25.6 Å². The van der Waals surface area contributed by atoms with E-state index in [1.54, 1.807) is 32.4 Å². The van der Waals surface area contributed by atoms with E-state index < -0.39 is 0 Å². The number of hydrogen-bond donors (Lipinski definition) is 1. The van der Waals surface area contributed by atoms with Gasteiger partial charge in [-0.15, -0.1) is 0 Å². The second-order valence-corrected chi connectivity index (χ2v) is 6.96. The highest BCUT2D eigenvalue weighted by atomic mass is 32.1. The van der Waals surface area contributed by atoms with E-state index in [1.807, 2.05) is 29.1 Å². The van der Waals surface area contributed by atoms with Crippen molar-refractivity contribution in [1.82, 2.24) is 9.55 Å². The van der Waals surface area contributed by atoms with E-state index in [1.165, 1.54) is 11.3 Å². The maximum absolute atomic E-state index is 13.0. The summed E-state index contributed by atoms with van der Waals surface area (Å²) in [7, 11) is 3.15. The van der Waals surface area contributed by atoms with Gasteiger partial charge >= 0.3 is 0 Å². The highest BCUT2D eigenvalue weighted by Gasteiger charge is 2.20. The van der Waals surface area contributed by atoms with Crippen LogP contribution in [0.25, 0.3) is 5.13 Å². The van der Waals surface area contributed by atoms with Crippen LogP contribution in [0.15, 0.2) is 42.7 Å². The highest BCUT2D eigenvalue weighted by molar-refractivity contribution is 7.16. The molecule has 1 amide bonds. The molecule has 0 saturated heterocycles. The number of aryl methyl sites for hydroxylation is 1. The lowest BCUT2D eigenvalue weighted by molar-refractivity contribution is 0.102. The Morgan fingerprint density at radius 2 is 2.00 bits per heavy atom. The average molecular weight is 385 g/mol. The number of unbranched alkanes of at least 4 members (excludes halogenated alkanes) is 1. The van der Waals surface area contributed by atoms with Gasteiger partial charge in [0.25, 0.3) is 5.91 Å². The summed E-state index contributed by atoms with van der Waals surface area (Å²) in [6, 6.07) is 9.18. The topological polar surface area (TPSA) is 65.4 Å². The molecule has 6 nitrogen and oxygen atoms in total. The van der Waals surface area contributed by atoms with Gasteiger partial charge < -0.3 is 19.4 Å². The predicted molar refractivity (Wildman–Crippen MR) is 108 cm³/mol. The molecule has 0 aliphatic carbocycles. The fourth-order valence-corrected chi connectivity index (χ4v) is 3.66. The van der Waals surface area contributed by atoms with Crippen LogP contribution in [0.2, 0.25) is 0 Å². The molecule has 0 fully saturated rings. The molecule has 3 rings (SSSR count). The van der Waals surface area contributed by atoms with Gasteiger partial charge in [0, 0.05) is 18.5 Å². The number of carbonyl (C=O) groups excluding carboxylic acids is 1. The zero-order valence-corrected chi connectivity index (χ0v) is 16.5. The van der Waals surface area contributed by atoms with Gasteiger partial charge in [-0.25, -0.2) is 4.98 Å². The number of benzene rings is 1. The van der Waals surface area contributed by atoms with E-state index in [2.05, 4.69) is 12.2 Å². The lowest BCUT2D eigenvalue weighted by Crippen LogP contribution is -2.13. The first-order valence-corrected chi connectivity index (χ1v) is 9.64. The van der Waals surface area contributed by atoms with E-state index >= 15 is 0 Å². The Balaban J connectivity index is 1.89. The number of amides is 1. The van der Waals surface area contributed by atoms with Crippen LogP contribution in [0.3, 0.4) is 0 Å². The van der Waals surface area contributed by atoms with Gasteiger partial charge in [-0.1, -0.05) is 24.7 Å². The monoisotopic (exact) mass is 385 g/mol. The van der Waals surface area contributed by atoms with Gasteiger partial charge in [-0.3, -0.25) is 4.79 Å². The molecule has 1 N–H and O–H groups in total. The van der Waals surface area contributed by atoms with E-state index in [-0.39, 0.29) is 5.91 Å². The molecule has 2 aromatic heterocycles. The fourth-order valence-electron chi connectivity index (χ4n) is 2.68. The molecule has 142 valence electrons. The maximum Gasteiger partial charge on any atom is 0.267 e. The Kier molecular flexibility index (Phi) is 6.13. The molecule has 3 aromatic rings. The Hall–Kier alpha value is -2.80. The molecule has 2 heterocycles. The molecule has 0 aliphatic heterocycles. The van der Waals surface area contributed by atoms with E-state index in [0.717, 1.165) is 30.1 Å². The first kappa shape index (κ1) is 19.0. The average Bonchev–Trinajstić information content (AvgIpc) is 3.36. The van der Waals surface area contributed by atoms with Crippen LogP contribution in [0.4, 0.5) is 5.69 Å². The summed E-state index contributed by atoms with van der Waals surface area (Å²) in [5, 5.41) is 3.74. The van der Waals surface area contributed by atoms with Crippen molar-refractivity contribution in [1.29, 1.82) is 0 Å². The smallest absolute Gasteiger partial charge is 0.267 e. The molecule has 0 atom stereocenters. The lowest BCUT2D eigenvalue weighted by Gasteiger charge is -2.11. The molecule has 0 bridgehead atoms. The number of nitrogens with one attached hydrogen (secondary N) is 1. The summed E-state index contributed by atoms with van der Waals surface area (Å²) in [5.74, 6) is 1.04. The molecule has 27 heavy (non-hydrogen) atoms. The number of methoxy groups -OCH3 is 2. The predicted octanol–water partition coefficient (Wildman–Crippen LogP) is 4.55. The van der Waals surface area contributed by atoms with Crippen LogP contribution >= 0.6 is 11.3 Å². The molecule has 0 saturated carbocycles. The molecule has 0 unspecified atom stereocenters. The van der Waals surface area contributed by atoms with Gasteiger partial charge in [0.15, 0.2) is 5.13 Å². The zero-order valence-electron chi connectivity index (χ0n) is 15.7. The van der Waals surface area contributed by atoms with Crippen LogP contribution in [0.1, 0.15) is 35.1 Å². The maximum atomic E-state index is 13.0. The zero-order chi connectivity index (χ0) is 19.2. The molecular formula is C20H23N3O3S. The number of carbonyl (C=O) groups is 1. The number of rotatable bonds is 8. The van der Waals surface area contributed by atoms with Crippen molar-refractivity contribution in [2.24, 2.45) is 0 Å².